The van der Waals surface area contributed by atoms with Crippen LogP contribution in [0.4, 0.5) is 4.79 Å². The third-order valence-corrected chi connectivity index (χ3v) is 4.16. The van der Waals surface area contributed by atoms with Gasteiger partial charge in [0.1, 0.15) is 0 Å². The van der Waals surface area contributed by atoms with Gasteiger partial charge in [-0.1, -0.05) is 55.5 Å². The van der Waals surface area contributed by atoms with Crippen LogP contribution in [0.2, 0.25) is 0 Å². The van der Waals surface area contributed by atoms with E-state index < -0.39 is 0 Å². The summed E-state index contributed by atoms with van der Waals surface area (Å²) in [5, 5.41) is 6.04. The van der Waals surface area contributed by atoms with Gasteiger partial charge in [-0.2, -0.15) is 0 Å². The number of rotatable bonds is 5. The molecule has 1 fully saturated rings. The fourth-order valence-electron chi connectivity index (χ4n) is 2.74. The molecule has 0 saturated heterocycles. The Morgan fingerprint density at radius 3 is 2.45 bits per heavy atom. The Morgan fingerprint density at radius 1 is 1.05 bits per heavy atom. The number of nitrogens with one attached hydrogen (secondary N) is 2. The molecule has 2 aromatic carbocycles. The number of carbonyl (C=O) groups is 1. The summed E-state index contributed by atoms with van der Waals surface area (Å²) in [5.74, 6) is 0. The maximum absolute atomic E-state index is 12.0. The van der Waals surface area contributed by atoms with Crippen molar-refractivity contribution in [3.05, 3.63) is 60.2 Å². The Bertz CT molecular complexity index is 647. The highest BCUT2D eigenvalue weighted by Crippen LogP contribution is 2.46. The van der Waals surface area contributed by atoms with E-state index in [4.69, 9.17) is 0 Å². The fourth-order valence-corrected chi connectivity index (χ4v) is 2.74. The summed E-state index contributed by atoms with van der Waals surface area (Å²) in [5.41, 5.74) is 3.42. The van der Waals surface area contributed by atoms with Crippen LogP contribution in [0.1, 0.15) is 31.7 Å². The summed E-state index contributed by atoms with van der Waals surface area (Å²) in [6, 6.07) is 18.8. The van der Waals surface area contributed by atoms with Crippen LogP contribution in [0.5, 0.6) is 0 Å². The zero-order chi connectivity index (χ0) is 15.4. The number of amides is 2. The van der Waals surface area contributed by atoms with Crippen LogP contribution in [0.15, 0.2) is 54.6 Å². The van der Waals surface area contributed by atoms with Crippen LogP contribution < -0.4 is 10.6 Å². The van der Waals surface area contributed by atoms with Gasteiger partial charge < -0.3 is 10.6 Å². The predicted molar refractivity (Wildman–Crippen MR) is 89.6 cm³/mol. The minimum Gasteiger partial charge on any atom is -0.338 e. The lowest BCUT2D eigenvalue weighted by Crippen LogP contribution is -2.42. The highest BCUT2D eigenvalue weighted by molar-refractivity contribution is 5.76. The summed E-state index contributed by atoms with van der Waals surface area (Å²) in [7, 11) is 0. The van der Waals surface area contributed by atoms with Crippen LogP contribution >= 0.6 is 0 Å². The van der Waals surface area contributed by atoms with E-state index in [0.29, 0.717) is 6.54 Å². The molecule has 114 valence electrons. The van der Waals surface area contributed by atoms with Gasteiger partial charge in [-0.05, 0) is 42.0 Å². The van der Waals surface area contributed by atoms with E-state index in [0.717, 1.165) is 19.3 Å². The Balaban J connectivity index is 1.79. The molecular weight excluding hydrogens is 272 g/mol. The Morgan fingerprint density at radius 2 is 1.77 bits per heavy atom. The van der Waals surface area contributed by atoms with E-state index in [2.05, 4.69) is 54.0 Å². The van der Waals surface area contributed by atoms with Gasteiger partial charge in [0.2, 0.25) is 0 Å². The lowest BCUT2D eigenvalue weighted by Gasteiger charge is -2.19. The normalized spacial score (nSPS) is 15.1. The second-order valence-electron chi connectivity index (χ2n) is 5.91. The van der Waals surface area contributed by atoms with Crippen molar-refractivity contribution in [2.45, 2.75) is 31.7 Å². The number of hydrogen-bond acceptors (Lipinski definition) is 1. The zero-order valence-corrected chi connectivity index (χ0v) is 12.9. The molecule has 0 radical (unpaired) electrons. The molecule has 0 aliphatic heterocycles. The fraction of sp³-hybridized carbons (Fsp3) is 0.316. The lowest BCUT2D eigenvalue weighted by atomic mass is 9.98. The van der Waals surface area contributed by atoms with Crippen molar-refractivity contribution < 1.29 is 4.79 Å². The highest BCUT2D eigenvalue weighted by Gasteiger charge is 2.45. The second kappa shape index (κ2) is 6.22. The van der Waals surface area contributed by atoms with Crippen LogP contribution in [0, 0.1) is 0 Å². The van der Waals surface area contributed by atoms with Gasteiger partial charge in [0.25, 0.3) is 0 Å². The average molecular weight is 294 g/mol. The van der Waals surface area contributed by atoms with Crippen LogP contribution in [0.25, 0.3) is 11.1 Å². The highest BCUT2D eigenvalue weighted by atomic mass is 16.2. The van der Waals surface area contributed by atoms with E-state index in [-0.39, 0.29) is 11.6 Å². The zero-order valence-electron chi connectivity index (χ0n) is 12.9. The summed E-state index contributed by atoms with van der Waals surface area (Å²) >= 11 is 0. The maximum Gasteiger partial charge on any atom is 0.315 e. The largest absolute Gasteiger partial charge is 0.338 e. The van der Waals surface area contributed by atoms with Crippen molar-refractivity contribution >= 4 is 6.03 Å². The van der Waals surface area contributed by atoms with Gasteiger partial charge in [-0.3, -0.25) is 0 Å². The van der Waals surface area contributed by atoms with Crippen LogP contribution in [0.3, 0.4) is 0 Å². The minimum atomic E-state index is -0.178. The van der Waals surface area contributed by atoms with Crippen molar-refractivity contribution in [1.82, 2.24) is 10.6 Å². The number of benzene rings is 2. The van der Waals surface area contributed by atoms with E-state index >= 15 is 0 Å². The monoisotopic (exact) mass is 294 g/mol. The SMILES string of the molecule is CCCNC(=O)NC1(c2cccc(-c3ccccc3)c2)CC1. The number of hydrogen-bond donors (Lipinski definition) is 2. The van der Waals surface area contributed by atoms with E-state index in [1.165, 1.54) is 16.7 Å². The molecule has 3 rings (SSSR count). The third-order valence-electron chi connectivity index (χ3n) is 4.16. The van der Waals surface area contributed by atoms with E-state index in [1.54, 1.807) is 0 Å². The van der Waals surface area contributed by atoms with Crippen LogP contribution in [-0.4, -0.2) is 12.6 Å². The third kappa shape index (κ3) is 3.14. The maximum atomic E-state index is 12.0. The molecule has 2 aromatic rings. The average Bonchev–Trinajstić information content (AvgIpc) is 3.35. The number of urea groups is 1. The van der Waals surface area contributed by atoms with Gasteiger partial charge in [0.05, 0.1) is 5.54 Å². The molecule has 2 N–H and O–H groups in total. The molecule has 2 amide bonds. The van der Waals surface area contributed by atoms with Crippen molar-refractivity contribution in [2.24, 2.45) is 0 Å². The molecule has 0 unspecified atom stereocenters. The summed E-state index contributed by atoms with van der Waals surface area (Å²) in [6.07, 6.45) is 2.96. The van der Waals surface area contributed by atoms with E-state index in [1.807, 2.05) is 18.2 Å². The molecule has 1 aliphatic carbocycles. The molecule has 0 spiro atoms. The quantitative estimate of drug-likeness (QED) is 0.858. The molecule has 0 atom stereocenters. The van der Waals surface area contributed by atoms with Gasteiger partial charge in [-0.15, -0.1) is 0 Å². The molecule has 1 aliphatic rings. The summed E-state index contributed by atoms with van der Waals surface area (Å²) < 4.78 is 0. The van der Waals surface area contributed by atoms with Gasteiger partial charge in [-0.25, -0.2) is 4.79 Å². The first-order chi connectivity index (χ1) is 10.7. The Hall–Kier alpha value is -2.29. The molecule has 1 saturated carbocycles. The minimum absolute atomic E-state index is 0.0653. The first-order valence-electron chi connectivity index (χ1n) is 7.95. The number of carbonyl (C=O) groups excluding carboxylic acids is 1. The topological polar surface area (TPSA) is 41.1 Å². The van der Waals surface area contributed by atoms with Gasteiger partial charge in [0, 0.05) is 6.54 Å². The molecule has 22 heavy (non-hydrogen) atoms. The van der Waals surface area contributed by atoms with Crippen molar-refractivity contribution in [3.8, 4) is 11.1 Å². The van der Waals surface area contributed by atoms with Gasteiger partial charge in [0.15, 0.2) is 0 Å². The second-order valence-corrected chi connectivity index (χ2v) is 5.91. The van der Waals surface area contributed by atoms with Gasteiger partial charge >= 0.3 is 6.03 Å². The smallest absolute Gasteiger partial charge is 0.315 e. The predicted octanol–water partition coefficient (Wildman–Crippen LogP) is 4.05. The van der Waals surface area contributed by atoms with Crippen molar-refractivity contribution in [2.75, 3.05) is 6.54 Å². The Labute approximate surface area is 131 Å². The molecule has 3 nitrogen and oxygen atoms in total. The van der Waals surface area contributed by atoms with Crippen LogP contribution in [-0.2, 0) is 5.54 Å². The molecule has 3 heteroatoms. The van der Waals surface area contributed by atoms with E-state index in [9.17, 15) is 4.79 Å². The molecule has 0 heterocycles. The van der Waals surface area contributed by atoms with Crippen molar-refractivity contribution in [3.63, 3.8) is 0 Å². The summed E-state index contributed by atoms with van der Waals surface area (Å²) in [6.45, 7) is 2.77. The molecule has 0 aromatic heterocycles. The lowest BCUT2D eigenvalue weighted by molar-refractivity contribution is 0.236. The first kappa shape index (κ1) is 14.6. The molecule has 0 bridgehead atoms. The standard InChI is InChI=1S/C19H22N2O/c1-2-13-20-18(22)21-19(11-12-19)17-10-6-9-16(14-17)15-7-4-3-5-8-15/h3-10,14H,2,11-13H2,1H3,(H2,20,21,22). The first-order valence-corrected chi connectivity index (χ1v) is 7.95. The summed E-state index contributed by atoms with van der Waals surface area (Å²) in [4.78, 5) is 12.0. The van der Waals surface area contributed by atoms with Crippen molar-refractivity contribution in [1.29, 1.82) is 0 Å². The molecular formula is C19H22N2O. The Kier molecular flexibility index (Phi) is 4.14.